The van der Waals surface area contributed by atoms with E-state index in [4.69, 9.17) is 16.9 Å². The molecule has 3 rings (SSSR count). The van der Waals surface area contributed by atoms with Crippen LogP contribution in [-0.2, 0) is 5.75 Å². The minimum absolute atomic E-state index is 0.317. The molecule has 5 nitrogen and oxygen atoms in total. The van der Waals surface area contributed by atoms with Gasteiger partial charge < -0.3 is 0 Å². The van der Waals surface area contributed by atoms with Crippen LogP contribution in [0.2, 0.25) is 5.02 Å². The highest BCUT2D eigenvalue weighted by Gasteiger charge is 2.11. The predicted octanol–water partition coefficient (Wildman–Crippen LogP) is 4.61. The Morgan fingerprint density at radius 1 is 1.24 bits per heavy atom. The Kier molecular flexibility index (Phi) is 5.66. The number of carbonyl (C=O) groups excluding carboxylic acids is 1. The minimum Gasteiger partial charge on any atom is -0.296 e. The molecule has 0 radical (unpaired) electrons. The maximum Gasteiger partial charge on any atom is 0.257 e. The van der Waals surface area contributed by atoms with Crippen molar-refractivity contribution < 1.29 is 4.79 Å². The van der Waals surface area contributed by atoms with Crippen LogP contribution < -0.4 is 5.32 Å². The van der Waals surface area contributed by atoms with Gasteiger partial charge in [-0.3, -0.25) is 10.1 Å². The number of carbonyl (C=O) groups is 1. The SMILES string of the molecule is N#Cc1cccc(C(=O)Nc2nnc(SCc3ccc(Cl)cc3)s2)c1. The van der Waals surface area contributed by atoms with Crippen LogP contribution in [0, 0.1) is 11.3 Å². The van der Waals surface area contributed by atoms with Gasteiger partial charge in [-0.05, 0) is 35.9 Å². The second-order valence-electron chi connectivity index (χ2n) is 4.93. The molecule has 1 N–H and O–H groups in total. The largest absolute Gasteiger partial charge is 0.296 e. The van der Waals surface area contributed by atoms with Crippen molar-refractivity contribution in [3.05, 3.63) is 70.2 Å². The summed E-state index contributed by atoms with van der Waals surface area (Å²) in [4.78, 5) is 12.2. The van der Waals surface area contributed by atoms with Crippen molar-refractivity contribution in [3.63, 3.8) is 0 Å². The molecule has 0 spiro atoms. The van der Waals surface area contributed by atoms with Crippen molar-refractivity contribution in [2.24, 2.45) is 0 Å². The van der Waals surface area contributed by atoms with Crippen LogP contribution >= 0.6 is 34.7 Å². The number of nitrogens with one attached hydrogen (secondary N) is 1. The van der Waals surface area contributed by atoms with Gasteiger partial charge in [-0.15, -0.1) is 10.2 Å². The van der Waals surface area contributed by atoms with Crippen molar-refractivity contribution in [2.45, 2.75) is 10.1 Å². The number of hydrogen-bond acceptors (Lipinski definition) is 6. The Labute approximate surface area is 157 Å². The molecule has 25 heavy (non-hydrogen) atoms. The Bertz CT molecular complexity index is 934. The fraction of sp³-hybridized carbons (Fsp3) is 0.0588. The quantitative estimate of drug-likeness (QED) is 0.511. The molecule has 124 valence electrons. The van der Waals surface area contributed by atoms with Gasteiger partial charge in [0.15, 0.2) is 4.34 Å². The molecular weight excluding hydrogens is 376 g/mol. The summed E-state index contributed by atoms with van der Waals surface area (Å²) in [5, 5.41) is 20.8. The lowest BCUT2D eigenvalue weighted by molar-refractivity contribution is 0.102. The van der Waals surface area contributed by atoms with E-state index in [2.05, 4.69) is 15.5 Å². The first kappa shape index (κ1) is 17.4. The van der Waals surface area contributed by atoms with Gasteiger partial charge in [-0.1, -0.05) is 52.9 Å². The van der Waals surface area contributed by atoms with Crippen molar-refractivity contribution in [1.82, 2.24) is 10.2 Å². The summed E-state index contributed by atoms with van der Waals surface area (Å²) in [5.74, 6) is 0.423. The minimum atomic E-state index is -0.317. The lowest BCUT2D eigenvalue weighted by Gasteiger charge is -2.01. The van der Waals surface area contributed by atoms with E-state index < -0.39 is 0 Å². The summed E-state index contributed by atoms with van der Waals surface area (Å²) in [6, 6.07) is 16.1. The molecule has 3 aromatic rings. The summed E-state index contributed by atoms with van der Waals surface area (Å²) in [6.45, 7) is 0. The van der Waals surface area contributed by atoms with Crippen LogP contribution in [0.3, 0.4) is 0 Å². The molecule has 8 heteroatoms. The number of hydrogen-bond donors (Lipinski definition) is 1. The monoisotopic (exact) mass is 386 g/mol. The fourth-order valence-corrected chi connectivity index (χ4v) is 3.77. The first-order valence-corrected chi connectivity index (χ1v) is 9.34. The average molecular weight is 387 g/mol. The molecule has 1 heterocycles. The van der Waals surface area contributed by atoms with E-state index in [-0.39, 0.29) is 5.91 Å². The molecule has 0 unspecified atom stereocenters. The van der Waals surface area contributed by atoms with Gasteiger partial charge in [0.25, 0.3) is 5.91 Å². The van der Waals surface area contributed by atoms with E-state index in [1.54, 1.807) is 18.2 Å². The highest BCUT2D eigenvalue weighted by molar-refractivity contribution is 8.00. The zero-order chi connectivity index (χ0) is 17.6. The van der Waals surface area contributed by atoms with Crippen molar-refractivity contribution in [1.29, 1.82) is 5.26 Å². The maximum absolute atomic E-state index is 12.2. The third-order valence-electron chi connectivity index (χ3n) is 3.16. The number of anilines is 1. The Hall–Kier alpha value is -2.40. The molecule has 0 bridgehead atoms. The van der Waals surface area contributed by atoms with Crippen molar-refractivity contribution >= 4 is 45.7 Å². The van der Waals surface area contributed by atoms with Crippen molar-refractivity contribution in [3.8, 4) is 6.07 Å². The number of benzene rings is 2. The van der Waals surface area contributed by atoms with Gasteiger partial charge in [-0.2, -0.15) is 5.26 Å². The molecule has 0 atom stereocenters. The summed E-state index contributed by atoms with van der Waals surface area (Å²) < 4.78 is 0.760. The zero-order valence-electron chi connectivity index (χ0n) is 12.8. The number of aromatic nitrogens is 2. The summed E-state index contributed by atoms with van der Waals surface area (Å²) in [7, 11) is 0. The molecule has 1 aromatic heterocycles. The lowest BCUT2D eigenvalue weighted by atomic mass is 10.1. The van der Waals surface area contributed by atoms with Gasteiger partial charge >= 0.3 is 0 Å². The summed E-state index contributed by atoms with van der Waals surface area (Å²) >= 11 is 8.71. The normalized spacial score (nSPS) is 10.2. The first-order valence-electron chi connectivity index (χ1n) is 7.16. The third-order valence-corrected chi connectivity index (χ3v) is 5.45. The number of rotatable bonds is 5. The van der Waals surface area contributed by atoms with E-state index in [0.717, 1.165) is 15.7 Å². The molecule has 0 aliphatic rings. The Morgan fingerprint density at radius 3 is 2.80 bits per heavy atom. The van der Waals surface area contributed by atoms with Crippen LogP contribution in [0.5, 0.6) is 0 Å². The van der Waals surface area contributed by atoms with Gasteiger partial charge in [0.05, 0.1) is 11.6 Å². The second kappa shape index (κ2) is 8.12. The van der Waals surface area contributed by atoms with E-state index in [1.165, 1.54) is 29.2 Å². The number of nitriles is 1. The third kappa shape index (κ3) is 4.79. The van der Waals surface area contributed by atoms with Crippen LogP contribution in [0.1, 0.15) is 21.5 Å². The second-order valence-corrected chi connectivity index (χ2v) is 7.57. The molecule has 2 aromatic carbocycles. The lowest BCUT2D eigenvalue weighted by Crippen LogP contribution is -2.11. The standard InChI is InChI=1S/C17H11ClN4OS2/c18-14-6-4-11(5-7-14)10-24-17-22-21-16(25-17)20-15(23)13-3-1-2-12(8-13)9-19/h1-8H,10H2,(H,20,21,23). The average Bonchev–Trinajstić information content (AvgIpc) is 3.08. The highest BCUT2D eigenvalue weighted by Crippen LogP contribution is 2.28. The molecule has 0 saturated heterocycles. The van der Waals surface area contributed by atoms with Crippen molar-refractivity contribution in [2.75, 3.05) is 5.32 Å². The van der Waals surface area contributed by atoms with Gasteiger partial charge in [0.2, 0.25) is 5.13 Å². The van der Waals surface area contributed by atoms with E-state index in [0.29, 0.717) is 21.3 Å². The molecule has 0 aliphatic carbocycles. The van der Waals surface area contributed by atoms with E-state index >= 15 is 0 Å². The van der Waals surface area contributed by atoms with Gasteiger partial charge in [0, 0.05) is 16.3 Å². The fourth-order valence-electron chi connectivity index (χ4n) is 1.94. The van der Waals surface area contributed by atoms with E-state index in [1.807, 2.05) is 30.3 Å². The zero-order valence-corrected chi connectivity index (χ0v) is 15.2. The van der Waals surface area contributed by atoms with Crippen LogP contribution in [0.4, 0.5) is 5.13 Å². The number of halogens is 1. The number of amides is 1. The number of thioether (sulfide) groups is 1. The summed E-state index contributed by atoms with van der Waals surface area (Å²) in [6.07, 6.45) is 0. The molecule has 1 amide bonds. The van der Waals surface area contributed by atoms with Gasteiger partial charge in [0.1, 0.15) is 0 Å². The molecule has 0 saturated carbocycles. The first-order chi connectivity index (χ1) is 12.1. The Balaban J connectivity index is 1.60. The Morgan fingerprint density at radius 2 is 2.04 bits per heavy atom. The summed E-state index contributed by atoms with van der Waals surface area (Å²) in [5.41, 5.74) is 1.97. The van der Waals surface area contributed by atoms with Gasteiger partial charge in [-0.25, -0.2) is 0 Å². The topological polar surface area (TPSA) is 78.7 Å². The smallest absolute Gasteiger partial charge is 0.257 e. The maximum atomic E-state index is 12.2. The predicted molar refractivity (Wildman–Crippen MR) is 100 cm³/mol. The van der Waals surface area contributed by atoms with Crippen LogP contribution in [-0.4, -0.2) is 16.1 Å². The highest BCUT2D eigenvalue weighted by atomic mass is 35.5. The number of nitrogens with zero attached hydrogens (tertiary/aromatic N) is 3. The molecular formula is C17H11ClN4OS2. The van der Waals surface area contributed by atoms with Crippen LogP contribution in [0.15, 0.2) is 52.9 Å². The molecule has 0 aliphatic heterocycles. The van der Waals surface area contributed by atoms with Crippen LogP contribution in [0.25, 0.3) is 0 Å². The van der Waals surface area contributed by atoms with E-state index in [9.17, 15) is 4.79 Å². The molecule has 0 fully saturated rings.